The van der Waals surface area contributed by atoms with E-state index in [0.29, 0.717) is 0 Å². The van der Waals surface area contributed by atoms with Gasteiger partial charge in [0.1, 0.15) is 6.61 Å². The van der Waals surface area contributed by atoms with Gasteiger partial charge in [0.2, 0.25) is 0 Å². The summed E-state index contributed by atoms with van der Waals surface area (Å²) in [5, 5.41) is 3.32. The van der Waals surface area contributed by atoms with Gasteiger partial charge >= 0.3 is 5.97 Å². The number of rotatable bonds is 4. The molecular weight excluding hydrogens is 310 g/mol. The van der Waals surface area contributed by atoms with E-state index in [-0.39, 0.29) is 18.2 Å². The molecule has 1 aliphatic rings. The first kappa shape index (κ1) is 14.5. The van der Waals surface area contributed by atoms with Crippen LogP contribution < -0.4 is 5.32 Å². The molecule has 5 heteroatoms. The van der Waals surface area contributed by atoms with Crippen LogP contribution in [0, 0.1) is 0 Å². The molecule has 0 saturated carbocycles. The lowest BCUT2D eigenvalue weighted by molar-refractivity contribution is -0.156. The minimum atomic E-state index is -0.389. The first-order chi connectivity index (χ1) is 9.16. The Bertz CT molecular complexity index is 427. The SMILES string of the molecule is COC(=O)COC1(c2ccc(Br)cc2)CCNCC1. The normalized spacial score (nSPS) is 18.0. The summed E-state index contributed by atoms with van der Waals surface area (Å²) in [6, 6.07) is 8.10. The van der Waals surface area contributed by atoms with Crippen molar-refractivity contribution in [2.45, 2.75) is 18.4 Å². The number of piperidine rings is 1. The Labute approximate surface area is 121 Å². The maximum Gasteiger partial charge on any atom is 0.331 e. The van der Waals surface area contributed by atoms with Crippen LogP contribution in [0.4, 0.5) is 0 Å². The van der Waals surface area contributed by atoms with Crippen LogP contribution in [-0.2, 0) is 19.9 Å². The average Bonchev–Trinajstić information content (AvgIpc) is 2.46. The van der Waals surface area contributed by atoms with Gasteiger partial charge in [-0.1, -0.05) is 28.1 Å². The summed E-state index contributed by atoms with van der Waals surface area (Å²) in [7, 11) is 1.38. The quantitative estimate of drug-likeness (QED) is 0.861. The molecule has 1 N–H and O–H groups in total. The van der Waals surface area contributed by atoms with Crippen LogP contribution >= 0.6 is 15.9 Å². The minimum absolute atomic E-state index is 0.00738. The van der Waals surface area contributed by atoms with Crippen molar-refractivity contribution in [3.8, 4) is 0 Å². The van der Waals surface area contributed by atoms with Crippen LogP contribution in [0.2, 0.25) is 0 Å². The molecule has 0 aromatic heterocycles. The molecule has 0 atom stereocenters. The van der Waals surface area contributed by atoms with E-state index < -0.39 is 0 Å². The highest BCUT2D eigenvalue weighted by atomic mass is 79.9. The number of methoxy groups -OCH3 is 1. The fraction of sp³-hybridized carbons (Fsp3) is 0.500. The monoisotopic (exact) mass is 327 g/mol. The standard InChI is InChI=1S/C14H18BrNO3/c1-18-13(17)10-19-14(6-8-16-9-7-14)11-2-4-12(15)5-3-11/h2-5,16H,6-10H2,1H3. The molecule has 19 heavy (non-hydrogen) atoms. The number of nitrogens with one attached hydrogen (secondary N) is 1. The van der Waals surface area contributed by atoms with Gasteiger partial charge in [-0.15, -0.1) is 0 Å². The zero-order valence-electron chi connectivity index (χ0n) is 10.9. The third-order valence-electron chi connectivity index (χ3n) is 3.48. The van der Waals surface area contributed by atoms with E-state index in [9.17, 15) is 4.79 Å². The van der Waals surface area contributed by atoms with Gasteiger partial charge < -0.3 is 14.8 Å². The van der Waals surface area contributed by atoms with Gasteiger partial charge in [0.05, 0.1) is 12.7 Å². The van der Waals surface area contributed by atoms with E-state index in [1.807, 2.05) is 24.3 Å². The lowest BCUT2D eigenvalue weighted by Crippen LogP contribution is -2.42. The molecule has 1 aromatic carbocycles. The summed E-state index contributed by atoms with van der Waals surface area (Å²) in [6.45, 7) is 1.76. The highest BCUT2D eigenvalue weighted by Gasteiger charge is 2.35. The van der Waals surface area contributed by atoms with E-state index in [4.69, 9.17) is 4.74 Å². The highest BCUT2D eigenvalue weighted by Crippen LogP contribution is 2.35. The fourth-order valence-electron chi connectivity index (χ4n) is 2.36. The predicted molar refractivity (Wildman–Crippen MR) is 75.9 cm³/mol. The van der Waals surface area contributed by atoms with E-state index in [0.717, 1.165) is 36.0 Å². The lowest BCUT2D eigenvalue weighted by Gasteiger charge is -2.37. The zero-order chi connectivity index (χ0) is 13.7. The van der Waals surface area contributed by atoms with Gasteiger partial charge in [0, 0.05) is 4.47 Å². The van der Waals surface area contributed by atoms with Gasteiger partial charge in [-0.3, -0.25) is 0 Å². The molecule has 104 valence electrons. The second-order valence-corrected chi connectivity index (χ2v) is 5.53. The largest absolute Gasteiger partial charge is 0.467 e. The molecule has 4 nitrogen and oxygen atoms in total. The molecule has 0 amide bonds. The van der Waals surface area contributed by atoms with Gasteiger partial charge in [0.25, 0.3) is 0 Å². The smallest absolute Gasteiger partial charge is 0.331 e. The molecule has 0 radical (unpaired) electrons. The lowest BCUT2D eigenvalue weighted by atomic mass is 9.85. The van der Waals surface area contributed by atoms with Crippen molar-refractivity contribution in [2.24, 2.45) is 0 Å². The maximum atomic E-state index is 11.3. The van der Waals surface area contributed by atoms with Crippen LogP contribution in [0.3, 0.4) is 0 Å². The van der Waals surface area contributed by atoms with Crippen molar-refractivity contribution in [3.63, 3.8) is 0 Å². The molecule has 1 saturated heterocycles. The molecular formula is C14H18BrNO3. The molecule has 1 aliphatic heterocycles. The summed E-state index contributed by atoms with van der Waals surface area (Å²) in [5.74, 6) is -0.338. The Morgan fingerprint density at radius 1 is 1.32 bits per heavy atom. The van der Waals surface area contributed by atoms with Crippen molar-refractivity contribution in [1.29, 1.82) is 0 Å². The topological polar surface area (TPSA) is 47.6 Å². The van der Waals surface area contributed by atoms with E-state index in [1.54, 1.807) is 0 Å². The molecule has 0 spiro atoms. The number of hydrogen-bond acceptors (Lipinski definition) is 4. The Morgan fingerprint density at radius 3 is 2.53 bits per heavy atom. The number of carbonyl (C=O) groups excluding carboxylic acids is 1. The molecule has 0 aliphatic carbocycles. The summed E-state index contributed by atoms with van der Waals surface area (Å²) in [4.78, 5) is 11.3. The second kappa shape index (κ2) is 6.50. The summed E-state index contributed by atoms with van der Waals surface area (Å²) in [6.07, 6.45) is 1.71. The van der Waals surface area contributed by atoms with E-state index in [2.05, 4.69) is 26.0 Å². The Hall–Kier alpha value is -0.910. The zero-order valence-corrected chi connectivity index (χ0v) is 12.5. The van der Waals surface area contributed by atoms with Crippen LogP contribution in [-0.4, -0.2) is 32.8 Å². The van der Waals surface area contributed by atoms with E-state index >= 15 is 0 Å². The minimum Gasteiger partial charge on any atom is -0.467 e. The van der Waals surface area contributed by atoms with Crippen molar-refractivity contribution in [2.75, 3.05) is 26.8 Å². The molecule has 0 bridgehead atoms. The molecule has 1 aromatic rings. The van der Waals surface area contributed by atoms with Crippen LogP contribution in [0.25, 0.3) is 0 Å². The Balaban J connectivity index is 2.18. The van der Waals surface area contributed by atoms with Crippen LogP contribution in [0.15, 0.2) is 28.7 Å². The number of benzene rings is 1. The highest BCUT2D eigenvalue weighted by molar-refractivity contribution is 9.10. The number of carbonyl (C=O) groups is 1. The predicted octanol–water partition coefficient (Wildman–Crippen LogP) is 2.22. The van der Waals surface area contributed by atoms with Crippen LogP contribution in [0.1, 0.15) is 18.4 Å². The first-order valence-corrected chi connectivity index (χ1v) is 7.13. The summed E-state index contributed by atoms with van der Waals surface area (Å²) in [5.41, 5.74) is 0.723. The molecule has 1 heterocycles. The van der Waals surface area contributed by atoms with Crippen molar-refractivity contribution < 1.29 is 14.3 Å². The fourth-order valence-corrected chi connectivity index (χ4v) is 2.62. The van der Waals surface area contributed by atoms with Crippen LogP contribution in [0.5, 0.6) is 0 Å². The van der Waals surface area contributed by atoms with Crippen molar-refractivity contribution in [1.82, 2.24) is 5.32 Å². The molecule has 0 unspecified atom stereocenters. The van der Waals surface area contributed by atoms with Gasteiger partial charge in [-0.2, -0.15) is 0 Å². The third-order valence-corrected chi connectivity index (χ3v) is 4.00. The maximum absolute atomic E-state index is 11.3. The van der Waals surface area contributed by atoms with Gasteiger partial charge in [-0.05, 0) is 43.6 Å². The van der Waals surface area contributed by atoms with Gasteiger partial charge in [-0.25, -0.2) is 4.79 Å². The average molecular weight is 328 g/mol. The van der Waals surface area contributed by atoms with Crippen molar-refractivity contribution in [3.05, 3.63) is 34.3 Å². The molecule has 1 fully saturated rings. The summed E-state index contributed by atoms with van der Waals surface area (Å²) >= 11 is 3.43. The molecule has 2 rings (SSSR count). The van der Waals surface area contributed by atoms with E-state index in [1.165, 1.54) is 7.11 Å². The number of halogens is 1. The number of hydrogen-bond donors (Lipinski definition) is 1. The Kier molecular flexibility index (Phi) is 4.96. The second-order valence-electron chi connectivity index (χ2n) is 4.62. The third kappa shape index (κ3) is 3.55. The Morgan fingerprint density at radius 2 is 1.95 bits per heavy atom. The number of ether oxygens (including phenoxy) is 2. The number of esters is 1. The van der Waals surface area contributed by atoms with Crippen molar-refractivity contribution >= 4 is 21.9 Å². The van der Waals surface area contributed by atoms with Gasteiger partial charge in [0.15, 0.2) is 0 Å². The summed E-state index contributed by atoms with van der Waals surface area (Å²) < 4.78 is 11.6. The first-order valence-electron chi connectivity index (χ1n) is 6.34.